The van der Waals surface area contributed by atoms with Crippen LogP contribution in [0.25, 0.3) is 0 Å². The zero-order valence-electron chi connectivity index (χ0n) is 68.0. The summed E-state index contributed by atoms with van der Waals surface area (Å²) in [5.74, 6) is -2.10. The van der Waals surface area contributed by atoms with Crippen molar-refractivity contribution in [3.05, 3.63) is 0 Å². The monoisotopic (exact) mass is 1520 g/mol. The molecule has 0 amide bonds. The van der Waals surface area contributed by atoms with Crippen LogP contribution < -0.4 is 0 Å². The Morgan fingerprint density at radius 1 is 0.231 bits per heavy atom. The normalized spacial score (nSPS) is 13.7. The molecule has 0 radical (unpaired) electrons. The standard InChI is InChI=1S/C85H166O17P2/c1-5-9-13-17-21-25-29-32-35-38-40-41-43-46-49-52-56-60-64-68-72-85(90)102-81(76-96-83(88)70-66-62-58-54-50-47-45-42-39-36-33-30-26-22-18-14-10-6-2)78-100-104(93,94)98-74-79(86)73-97-103(91,92)99-77-80(75-95-82(87)69-65-61-57-53-28-24-20-16-12-8-4)101-84(89)71-67-63-59-55-51-48-44-37-34-31-27-23-19-15-11-7-3/h79-81,86H,5-78H2,1-4H3,(H,91,92)(H,93,94)/t79-,80+,81+/m0/s1. The summed E-state index contributed by atoms with van der Waals surface area (Å²) in [5.41, 5.74) is 0. The van der Waals surface area contributed by atoms with Gasteiger partial charge in [0.05, 0.1) is 26.4 Å². The summed E-state index contributed by atoms with van der Waals surface area (Å²) >= 11 is 0. The van der Waals surface area contributed by atoms with Crippen LogP contribution in [0.1, 0.15) is 464 Å². The van der Waals surface area contributed by atoms with E-state index >= 15 is 0 Å². The second-order valence-electron chi connectivity index (χ2n) is 30.6. The van der Waals surface area contributed by atoms with Gasteiger partial charge in [0.2, 0.25) is 0 Å². The fourth-order valence-corrected chi connectivity index (χ4v) is 14.9. The molecule has 0 fully saturated rings. The van der Waals surface area contributed by atoms with E-state index in [9.17, 15) is 43.2 Å². The Bertz CT molecular complexity index is 1960. The Balaban J connectivity index is 5.22. The second-order valence-corrected chi connectivity index (χ2v) is 33.5. The number of phosphoric ester groups is 2. The van der Waals surface area contributed by atoms with Gasteiger partial charge in [0.15, 0.2) is 12.2 Å². The van der Waals surface area contributed by atoms with Crippen molar-refractivity contribution in [3.63, 3.8) is 0 Å². The molecule has 0 spiro atoms. The zero-order chi connectivity index (χ0) is 76.0. The molecule has 104 heavy (non-hydrogen) atoms. The first-order valence-electron chi connectivity index (χ1n) is 44.3. The average Bonchev–Trinajstić information content (AvgIpc) is 0.986. The molecule has 2 unspecified atom stereocenters. The molecule has 5 atom stereocenters. The average molecular weight is 1520 g/mol. The fourth-order valence-electron chi connectivity index (χ4n) is 13.3. The highest BCUT2D eigenvalue weighted by Crippen LogP contribution is 2.45. The highest BCUT2D eigenvalue weighted by molar-refractivity contribution is 7.47. The summed E-state index contributed by atoms with van der Waals surface area (Å²) in [4.78, 5) is 73.2. The number of rotatable bonds is 86. The van der Waals surface area contributed by atoms with Crippen molar-refractivity contribution >= 4 is 39.5 Å². The molecule has 0 aliphatic carbocycles. The number of aliphatic hydroxyl groups is 1. The summed E-state index contributed by atoms with van der Waals surface area (Å²) in [6, 6.07) is 0. The maximum absolute atomic E-state index is 13.1. The molecule has 3 N–H and O–H groups in total. The lowest BCUT2D eigenvalue weighted by Crippen LogP contribution is -2.30. The van der Waals surface area contributed by atoms with Gasteiger partial charge in [-0.3, -0.25) is 37.3 Å². The molecular formula is C85H166O17P2. The van der Waals surface area contributed by atoms with Gasteiger partial charge >= 0.3 is 39.5 Å². The van der Waals surface area contributed by atoms with Crippen molar-refractivity contribution in [1.29, 1.82) is 0 Å². The number of aliphatic hydroxyl groups excluding tert-OH is 1. The van der Waals surface area contributed by atoms with Crippen LogP contribution in [0.4, 0.5) is 0 Å². The van der Waals surface area contributed by atoms with Gasteiger partial charge < -0.3 is 33.8 Å². The van der Waals surface area contributed by atoms with E-state index in [0.29, 0.717) is 25.7 Å². The van der Waals surface area contributed by atoms with Crippen LogP contribution >= 0.6 is 15.6 Å². The number of hydrogen-bond acceptors (Lipinski definition) is 15. The molecule has 0 bridgehead atoms. The molecule has 0 rings (SSSR count). The minimum Gasteiger partial charge on any atom is -0.462 e. The van der Waals surface area contributed by atoms with E-state index in [4.69, 9.17) is 37.0 Å². The summed E-state index contributed by atoms with van der Waals surface area (Å²) in [6.07, 6.45) is 73.6. The largest absolute Gasteiger partial charge is 0.472 e. The Labute approximate surface area is 638 Å². The van der Waals surface area contributed by atoms with E-state index in [0.717, 1.165) is 89.9 Å². The van der Waals surface area contributed by atoms with Gasteiger partial charge in [0, 0.05) is 25.7 Å². The number of hydrogen-bond donors (Lipinski definition) is 3. The number of unbranched alkanes of at least 4 members (excludes halogenated alkanes) is 60. The minimum atomic E-state index is -4.96. The van der Waals surface area contributed by atoms with Crippen LogP contribution in [0.15, 0.2) is 0 Å². The SMILES string of the molecule is CCCCCCCCCCCCCCCCCCCCCCC(=O)O[C@H](COC(=O)CCCCCCCCCCCCCCCCCCCC)COP(=O)(O)OC[C@@H](O)COP(=O)(O)OC[C@@H](COC(=O)CCCCCCCCCCCC)OC(=O)CCCCCCCCCCCCCCCCCC. The Kier molecular flexibility index (Phi) is 77.7. The first-order valence-corrected chi connectivity index (χ1v) is 47.3. The van der Waals surface area contributed by atoms with Crippen molar-refractivity contribution < 1.29 is 80.2 Å². The van der Waals surface area contributed by atoms with E-state index in [-0.39, 0.29) is 25.7 Å². The molecule has 618 valence electrons. The van der Waals surface area contributed by atoms with Crippen LogP contribution in [-0.2, 0) is 65.4 Å². The first-order chi connectivity index (χ1) is 50.7. The number of esters is 4. The van der Waals surface area contributed by atoms with E-state index in [1.165, 1.54) is 295 Å². The third-order valence-corrected chi connectivity index (χ3v) is 22.0. The Morgan fingerprint density at radius 2 is 0.385 bits per heavy atom. The molecule has 0 saturated carbocycles. The molecular weight excluding hydrogens is 1350 g/mol. The van der Waals surface area contributed by atoms with E-state index in [2.05, 4.69) is 27.7 Å². The van der Waals surface area contributed by atoms with Crippen molar-refractivity contribution in [2.75, 3.05) is 39.6 Å². The number of ether oxygens (including phenoxy) is 4. The van der Waals surface area contributed by atoms with Gasteiger partial charge in [-0.05, 0) is 25.7 Å². The van der Waals surface area contributed by atoms with E-state index in [1.807, 2.05) is 0 Å². The quantitative estimate of drug-likeness (QED) is 0.0222. The predicted molar refractivity (Wildman–Crippen MR) is 428 cm³/mol. The van der Waals surface area contributed by atoms with E-state index in [1.54, 1.807) is 0 Å². The minimum absolute atomic E-state index is 0.109. The van der Waals surface area contributed by atoms with Crippen molar-refractivity contribution in [3.8, 4) is 0 Å². The maximum atomic E-state index is 13.1. The molecule has 17 nitrogen and oxygen atoms in total. The molecule has 0 aromatic rings. The predicted octanol–water partition coefficient (Wildman–Crippen LogP) is 26.1. The van der Waals surface area contributed by atoms with Crippen LogP contribution in [0.2, 0.25) is 0 Å². The van der Waals surface area contributed by atoms with Crippen LogP contribution in [0.3, 0.4) is 0 Å². The van der Waals surface area contributed by atoms with Crippen molar-refractivity contribution in [2.24, 2.45) is 0 Å². The van der Waals surface area contributed by atoms with Crippen molar-refractivity contribution in [2.45, 2.75) is 483 Å². The van der Waals surface area contributed by atoms with Crippen LogP contribution in [-0.4, -0.2) is 96.7 Å². The van der Waals surface area contributed by atoms with Crippen molar-refractivity contribution in [1.82, 2.24) is 0 Å². The molecule has 0 aliphatic heterocycles. The maximum Gasteiger partial charge on any atom is 0.472 e. The molecule has 19 heteroatoms. The highest BCUT2D eigenvalue weighted by atomic mass is 31.2. The molecule has 0 aromatic heterocycles. The van der Waals surface area contributed by atoms with Gasteiger partial charge in [0.1, 0.15) is 19.3 Å². The molecule has 0 aromatic carbocycles. The molecule has 0 heterocycles. The zero-order valence-corrected chi connectivity index (χ0v) is 69.8. The third kappa shape index (κ3) is 78.2. The summed E-state index contributed by atoms with van der Waals surface area (Å²) in [5, 5.41) is 10.7. The second kappa shape index (κ2) is 79.2. The Morgan fingerprint density at radius 3 is 0.567 bits per heavy atom. The van der Waals surface area contributed by atoms with Gasteiger partial charge in [-0.15, -0.1) is 0 Å². The smallest absolute Gasteiger partial charge is 0.462 e. The lowest BCUT2D eigenvalue weighted by Gasteiger charge is -2.21. The van der Waals surface area contributed by atoms with Gasteiger partial charge in [0.25, 0.3) is 0 Å². The number of carbonyl (C=O) groups excluding carboxylic acids is 4. The lowest BCUT2D eigenvalue weighted by molar-refractivity contribution is -0.161. The van der Waals surface area contributed by atoms with Gasteiger partial charge in [-0.2, -0.15) is 0 Å². The number of carbonyl (C=O) groups is 4. The van der Waals surface area contributed by atoms with Crippen LogP contribution in [0, 0.1) is 0 Å². The summed E-state index contributed by atoms with van der Waals surface area (Å²) < 4.78 is 68.9. The Hall–Kier alpha value is -1.94. The van der Waals surface area contributed by atoms with Gasteiger partial charge in [-0.25, -0.2) is 9.13 Å². The highest BCUT2D eigenvalue weighted by Gasteiger charge is 2.30. The molecule has 0 saturated heterocycles. The molecule has 0 aliphatic rings. The third-order valence-electron chi connectivity index (χ3n) is 20.1. The van der Waals surface area contributed by atoms with Gasteiger partial charge in [-0.1, -0.05) is 413 Å². The summed E-state index contributed by atoms with van der Waals surface area (Å²) in [6.45, 7) is 5.05. The number of phosphoric acid groups is 2. The topological polar surface area (TPSA) is 237 Å². The lowest BCUT2D eigenvalue weighted by atomic mass is 10.0. The first kappa shape index (κ1) is 102. The van der Waals surface area contributed by atoms with Crippen LogP contribution in [0.5, 0.6) is 0 Å². The fraction of sp³-hybridized carbons (Fsp3) is 0.953. The summed E-state index contributed by atoms with van der Waals surface area (Å²) in [7, 11) is -9.92. The van der Waals surface area contributed by atoms with E-state index < -0.39 is 97.5 Å².